The van der Waals surface area contributed by atoms with E-state index in [2.05, 4.69) is 25.3 Å². The van der Waals surface area contributed by atoms with Gasteiger partial charge in [0.1, 0.15) is 6.33 Å². The van der Waals surface area contributed by atoms with Gasteiger partial charge in [-0.15, -0.1) is 0 Å². The number of rotatable bonds is 5. The topological polar surface area (TPSA) is 107 Å². The Hall–Kier alpha value is -2.74. The third kappa shape index (κ3) is 4.03. The quantitative estimate of drug-likeness (QED) is 0.678. The van der Waals surface area contributed by atoms with Gasteiger partial charge in [-0.1, -0.05) is 36.9 Å². The highest BCUT2D eigenvalue weighted by Crippen LogP contribution is 2.26. The lowest BCUT2D eigenvalue weighted by Crippen LogP contribution is -2.25. The number of nitrogens with two attached hydrogens (primary N) is 1. The number of hydrogen-bond donors (Lipinski definition) is 2. The first-order valence-corrected chi connectivity index (χ1v) is 8.73. The summed E-state index contributed by atoms with van der Waals surface area (Å²) in [6.07, 6.45) is 1.97. The molecule has 0 aliphatic carbocycles. The maximum atomic E-state index is 12.7. The number of pyridine rings is 1. The number of aromatic nitrogens is 4. The fourth-order valence-electron chi connectivity index (χ4n) is 2.42. The van der Waals surface area contributed by atoms with E-state index in [0.29, 0.717) is 11.6 Å². The van der Waals surface area contributed by atoms with Crippen LogP contribution in [0.1, 0.15) is 19.0 Å². The van der Waals surface area contributed by atoms with Gasteiger partial charge in [-0.05, 0) is 25.5 Å². The Bertz CT molecular complexity index is 917. The normalized spacial score (nSPS) is 12.1. The van der Waals surface area contributed by atoms with Gasteiger partial charge in [0.05, 0.1) is 16.5 Å². The lowest BCUT2D eigenvalue weighted by Gasteiger charge is -2.15. The molecule has 1 aromatic carbocycles. The summed E-state index contributed by atoms with van der Waals surface area (Å²) in [4.78, 5) is 29.1. The summed E-state index contributed by atoms with van der Waals surface area (Å²) in [7, 11) is 0. The van der Waals surface area contributed by atoms with Gasteiger partial charge in [-0.3, -0.25) is 9.78 Å². The fourth-order valence-corrected chi connectivity index (χ4v) is 3.27. The Labute approximate surface area is 149 Å². The molecule has 0 saturated heterocycles. The van der Waals surface area contributed by atoms with Crippen LogP contribution in [0.3, 0.4) is 0 Å². The number of nitrogen functional groups attached to an aromatic ring is 1. The predicted molar refractivity (Wildman–Crippen MR) is 99.3 cm³/mol. The maximum Gasteiger partial charge on any atom is 0.237 e. The summed E-state index contributed by atoms with van der Waals surface area (Å²) in [5, 5.41) is 4.01. The Morgan fingerprint density at radius 2 is 2.08 bits per heavy atom. The van der Waals surface area contributed by atoms with E-state index in [1.165, 1.54) is 18.1 Å². The molecule has 8 heteroatoms. The number of carbonyl (C=O) groups is 1. The molecule has 0 fully saturated rings. The molecule has 2 aromatic heterocycles. The van der Waals surface area contributed by atoms with Crippen LogP contribution < -0.4 is 11.1 Å². The van der Waals surface area contributed by atoms with E-state index < -0.39 is 0 Å². The molecule has 128 valence electrons. The van der Waals surface area contributed by atoms with Crippen molar-refractivity contribution in [3.05, 3.63) is 42.4 Å². The van der Waals surface area contributed by atoms with E-state index in [0.717, 1.165) is 22.3 Å². The van der Waals surface area contributed by atoms with Gasteiger partial charge in [0.2, 0.25) is 11.9 Å². The van der Waals surface area contributed by atoms with Crippen LogP contribution in [0, 0.1) is 6.92 Å². The van der Waals surface area contributed by atoms with Crippen molar-refractivity contribution in [2.75, 3.05) is 11.1 Å². The average Bonchev–Trinajstić information content (AvgIpc) is 2.59. The van der Waals surface area contributed by atoms with E-state index in [9.17, 15) is 4.79 Å². The highest BCUT2D eigenvalue weighted by Gasteiger charge is 2.20. The Balaban J connectivity index is 1.83. The number of carbonyl (C=O) groups excluding carboxylic acids is 1. The lowest BCUT2D eigenvalue weighted by atomic mass is 10.1. The monoisotopic (exact) mass is 354 g/mol. The summed E-state index contributed by atoms with van der Waals surface area (Å²) < 4.78 is 0. The molecule has 0 spiro atoms. The van der Waals surface area contributed by atoms with Crippen LogP contribution >= 0.6 is 11.8 Å². The minimum atomic E-state index is -0.339. The summed E-state index contributed by atoms with van der Waals surface area (Å²) in [5.41, 5.74) is 8.02. The molecule has 3 N–H and O–H groups in total. The second-order valence-electron chi connectivity index (χ2n) is 5.46. The largest absolute Gasteiger partial charge is 0.368 e. The van der Waals surface area contributed by atoms with Crippen molar-refractivity contribution in [2.45, 2.75) is 30.7 Å². The average molecular weight is 354 g/mol. The summed E-state index contributed by atoms with van der Waals surface area (Å²) in [5.74, 6) is 0.0331. The number of amides is 1. The zero-order chi connectivity index (χ0) is 17.8. The van der Waals surface area contributed by atoms with Gasteiger partial charge < -0.3 is 11.1 Å². The van der Waals surface area contributed by atoms with Crippen LogP contribution in [0.4, 0.5) is 11.6 Å². The molecule has 0 radical (unpaired) electrons. The second kappa shape index (κ2) is 7.43. The number of anilines is 2. The highest BCUT2D eigenvalue weighted by atomic mass is 32.2. The third-order valence-electron chi connectivity index (χ3n) is 3.58. The van der Waals surface area contributed by atoms with E-state index in [1.54, 1.807) is 0 Å². The van der Waals surface area contributed by atoms with Gasteiger partial charge in [0.25, 0.3) is 0 Å². The van der Waals surface area contributed by atoms with Gasteiger partial charge in [0.15, 0.2) is 5.16 Å². The summed E-state index contributed by atoms with van der Waals surface area (Å²) >= 11 is 1.27. The van der Waals surface area contributed by atoms with Crippen LogP contribution in [-0.4, -0.2) is 31.1 Å². The van der Waals surface area contributed by atoms with Crippen molar-refractivity contribution < 1.29 is 4.79 Å². The van der Waals surface area contributed by atoms with Gasteiger partial charge in [0, 0.05) is 11.1 Å². The van der Waals surface area contributed by atoms with E-state index in [4.69, 9.17) is 5.73 Å². The molecule has 0 aliphatic heterocycles. The molecular formula is C17H18N6OS. The lowest BCUT2D eigenvalue weighted by molar-refractivity contribution is -0.115. The van der Waals surface area contributed by atoms with Crippen molar-refractivity contribution in [3.8, 4) is 0 Å². The van der Waals surface area contributed by atoms with Crippen LogP contribution in [0.25, 0.3) is 10.9 Å². The molecule has 7 nitrogen and oxygen atoms in total. The van der Waals surface area contributed by atoms with E-state index in [1.807, 2.05) is 44.2 Å². The molecule has 1 unspecified atom stereocenters. The number of para-hydroxylation sites is 1. The zero-order valence-electron chi connectivity index (χ0n) is 13.9. The number of hydrogen-bond acceptors (Lipinski definition) is 7. The standard InChI is InChI=1S/C17H18N6OS/c1-3-14(25-17-20-9-19-16(18)23-17)15(24)22-13-8-10(2)21-12-7-5-4-6-11(12)13/h4-9,14H,3H2,1-2H3,(H,21,22,24)(H2,18,19,20,23). The van der Waals surface area contributed by atoms with Crippen LogP contribution in [0.2, 0.25) is 0 Å². The first-order valence-electron chi connectivity index (χ1n) is 7.85. The van der Waals surface area contributed by atoms with Crippen LogP contribution in [0.5, 0.6) is 0 Å². The molecule has 0 bridgehead atoms. The van der Waals surface area contributed by atoms with Crippen LogP contribution in [0.15, 0.2) is 41.8 Å². The smallest absolute Gasteiger partial charge is 0.237 e. The number of aryl methyl sites for hydroxylation is 1. The Morgan fingerprint density at radius 1 is 1.28 bits per heavy atom. The molecule has 3 rings (SSSR count). The summed E-state index contributed by atoms with van der Waals surface area (Å²) in [6.45, 7) is 3.85. The molecule has 3 aromatic rings. The Kier molecular flexibility index (Phi) is 5.08. The molecule has 1 atom stereocenters. The van der Waals surface area contributed by atoms with Gasteiger partial charge in [-0.25, -0.2) is 9.97 Å². The number of thioether (sulfide) groups is 1. The predicted octanol–water partition coefficient (Wildman–Crippen LogP) is 2.82. The molecule has 25 heavy (non-hydrogen) atoms. The minimum Gasteiger partial charge on any atom is -0.368 e. The van der Waals surface area contributed by atoms with Crippen molar-refractivity contribution in [1.29, 1.82) is 0 Å². The first kappa shape index (κ1) is 17.1. The minimum absolute atomic E-state index is 0.109. The number of nitrogens with one attached hydrogen (secondary N) is 1. The summed E-state index contributed by atoms with van der Waals surface area (Å²) in [6, 6.07) is 9.60. The molecule has 0 saturated carbocycles. The van der Waals surface area contributed by atoms with Crippen molar-refractivity contribution in [2.24, 2.45) is 0 Å². The number of benzene rings is 1. The molecule has 1 amide bonds. The number of nitrogens with zero attached hydrogens (tertiary/aromatic N) is 4. The SMILES string of the molecule is CCC(Sc1ncnc(N)n1)C(=O)Nc1cc(C)nc2ccccc12. The van der Waals surface area contributed by atoms with Crippen molar-refractivity contribution in [1.82, 2.24) is 19.9 Å². The molecular weight excluding hydrogens is 336 g/mol. The van der Waals surface area contributed by atoms with E-state index in [-0.39, 0.29) is 17.1 Å². The fraction of sp³-hybridized carbons (Fsp3) is 0.235. The first-order chi connectivity index (χ1) is 12.1. The number of fused-ring (bicyclic) bond motifs is 1. The second-order valence-corrected chi connectivity index (χ2v) is 6.63. The zero-order valence-corrected chi connectivity index (χ0v) is 14.7. The van der Waals surface area contributed by atoms with Crippen molar-refractivity contribution >= 4 is 40.2 Å². The van der Waals surface area contributed by atoms with Crippen LogP contribution in [-0.2, 0) is 4.79 Å². The maximum absolute atomic E-state index is 12.7. The highest BCUT2D eigenvalue weighted by molar-refractivity contribution is 8.00. The molecule has 0 aliphatic rings. The Morgan fingerprint density at radius 3 is 2.84 bits per heavy atom. The van der Waals surface area contributed by atoms with E-state index >= 15 is 0 Å². The van der Waals surface area contributed by atoms with Crippen molar-refractivity contribution in [3.63, 3.8) is 0 Å². The molecule has 2 heterocycles. The third-order valence-corrected chi connectivity index (χ3v) is 4.82. The van der Waals surface area contributed by atoms with Gasteiger partial charge in [-0.2, -0.15) is 4.98 Å². The van der Waals surface area contributed by atoms with Gasteiger partial charge >= 0.3 is 0 Å².